The van der Waals surface area contributed by atoms with E-state index in [2.05, 4.69) is 5.32 Å². The first-order chi connectivity index (χ1) is 9.15. The number of phenols is 1. The number of nitrogens with one attached hydrogen (secondary N) is 1. The zero-order valence-electron chi connectivity index (χ0n) is 10.8. The number of hydrogen-bond acceptors (Lipinski definition) is 4. The second kappa shape index (κ2) is 8.74. The van der Waals surface area contributed by atoms with Crippen molar-refractivity contribution in [1.82, 2.24) is 5.32 Å². The normalized spacial score (nSPS) is 10.4. The summed E-state index contributed by atoms with van der Waals surface area (Å²) in [6.45, 7) is 2.14. The van der Waals surface area contributed by atoms with E-state index in [0.717, 1.165) is 0 Å². The zero-order chi connectivity index (χ0) is 14.1. The molecular weight excluding hydrogens is 270 g/mol. The average molecular weight is 288 g/mol. The molecule has 0 radical (unpaired) electrons. The van der Waals surface area contributed by atoms with Gasteiger partial charge in [-0.15, -0.1) is 0 Å². The highest BCUT2D eigenvalue weighted by atomic mass is 35.5. The maximum atomic E-state index is 11.8. The van der Waals surface area contributed by atoms with Crippen LogP contribution in [-0.2, 0) is 9.47 Å². The summed E-state index contributed by atoms with van der Waals surface area (Å²) in [5, 5.41) is 12.3. The molecule has 1 aromatic carbocycles. The summed E-state index contributed by atoms with van der Waals surface area (Å²) in [6.07, 6.45) is 0.700. The standard InChI is InChI=1S/C13H18ClNO4/c1-18-7-8-19-6-2-5-15-13(17)11-9-10(16)3-4-12(11)14/h3-4,9,16H,2,5-8H2,1H3,(H,15,17). The van der Waals surface area contributed by atoms with Crippen LogP contribution in [0.1, 0.15) is 16.8 Å². The van der Waals surface area contributed by atoms with Gasteiger partial charge in [-0.25, -0.2) is 0 Å². The second-order valence-corrected chi connectivity index (χ2v) is 4.29. The van der Waals surface area contributed by atoms with Crippen molar-refractivity contribution in [3.63, 3.8) is 0 Å². The third kappa shape index (κ3) is 5.92. The molecule has 0 spiro atoms. The van der Waals surface area contributed by atoms with E-state index < -0.39 is 0 Å². The lowest BCUT2D eigenvalue weighted by atomic mass is 10.2. The summed E-state index contributed by atoms with van der Waals surface area (Å²) < 4.78 is 10.1. The van der Waals surface area contributed by atoms with Crippen molar-refractivity contribution in [3.8, 4) is 5.75 Å². The number of carbonyl (C=O) groups excluding carboxylic acids is 1. The van der Waals surface area contributed by atoms with E-state index >= 15 is 0 Å². The number of benzene rings is 1. The van der Waals surface area contributed by atoms with Gasteiger partial charge in [0.2, 0.25) is 0 Å². The number of rotatable bonds is 8. The Hall–Kier alpha value is -1.30. The minimum absolute atomic E-state index is 0.0115. The highest BCUT2D eigenvalue weighted by Crippen LogP contribution is 2.20. The fourth-order valence-corrected chi connectivity index (χ4v) is 1.61. The van der Waals surface area contributed by atoms with Gasteiger partial charge in [-0.05, 0) is 24.6 Å². The van der Waals surface area contributed by atoms with Crippen LogP contribution in [0.5, 0.6) is 5.75 Å². The lowest BCUT2D eigenvalue weighted by molar-refractivity contribution is 0.0688. The molecule has 1 amide bonds. The molecule has 0 aliphatic heterocycles. The molecule has 106 valence electrons. The second-order valence-electron chi connectivity index (χ2n) is 3.88. The molecule has 0 aliphatic carbocycles. The molecule has 0 fully saturated rings. The summed E-state index contributed by atoms with van der Waals surface area (Å²) in [5.74, 6) is -0.296. The molecule has 0 aliphatic rings. The molecule has 0 heterocycles. The quantitative estimate of drug-likeness (QED) is 0.716. The molecular formula is C13H18ClNO4. The van der Waals surface area contributed by atoms with Crippen LogP contribution in [0.2, 0.25) is 5.02 Å². The Morgan fingerprint density at radius 1 is 1.37 bits per heavy atom. The van der Waals surface area contributed by atoms with Gasteiger partial charge in [0.25, 0.3) is 5.91 Å². The molecule has 0 aromatic heterocycles. The number of hydrogen-bond donors (Lipinski definition) is 2. The highest BCUT2D eigenvalue weighted by molar-refractivity contribution is 6.33. The van der Waals surface area contributed by atoms with Crippen LogP contribution in [0.3, 0.4) is 0 Å². The van der Waals surface area contributed by atoms with Crippen molar-refractivity contribution < 1.29 is 19.4 Å². The lowest BCUT2D eigenvalue weighted by Crippen LogP contribution is -2.25. The van der Waals surface area contributed by atoms with Crippen LogP contribution in [0.25, 0.3) is 0 Å². The predicted octanol–water partition coefficient (Wildman–Crippen LogP) is 1.83. The highest BCUT2D eigenvalue weighted by Gasteiger charge is 2.10. The fraction of sp³-hybridized carbons (Fsp3) is 0.462. The van der Waals surface area contributed by atoms with Gasteiger partial charge < -0.3 is 19.9 Å². The van der Waals surface area contributed by atoms with Gasteiger partial charge in [0, 0.05) is 20.3 Å². The maximum Gasteiger partial charge on any atom is 0.252 e. The summed E-state index contributed by atoms with van der Waals surface area (Å²) in [7, 11) is 1.61. The van der Waals surface area contributed by atoms with Gasteiger partial charge in [-0.1, -0.05) is 11.6 Å². The van der Waals surface area contributed by atoms with Gasteiger partial charge in [0.1, 0.15) is 5.75 Å². The van der Waals surface area contributed by atoms with Crippen molar-refractivity contribution >= 4 is 17.5 Å². The van der Waals surface area contributed by atoms with Crippen molar-refractivity contribution in [2.24, 2.45) is 0 Å². The number of ether oxygens (including phenoxy) is 2. The van der Waals surface area contributed by atoms with E-state index in [0.29, 0.717) is 37.8 Å². The molecule has 0 saturated heterocycles. The third-order valence-electron chi connectivity index (χ3n) is 2.38. The van der Waals surface area contributed by atoms with E-state index in [4.69, 9.17) is 21.1 Å². The van der Waals surface area contributed by atoms with E-state index in [1.54, 1.807) is 7.11 Å². The van der Waals surface area contributed by atoms with Crippen LogP contribution in [-0.4, -0.2) is 44.5 Å². The van der Waals surface area contributed by atoms with E-state index in [9.17, 15) is 9.90 Å². The number of methoxy groups -OCH3 is 1. The molecule has 6 heteroatoms. The fourth-order valence-electron chi connectivity index (χ4n) is 1.40. The minimum atomic E-state index is -0.308. The number of halogens is 1. The number of phenolic OH excluding ortho intramolecular Hbond substituents is 1. The largest absolute Gasteiger partial charge is 0.508 e. The van der Waals surface area contributed by atoms with Crippen molar-refractivity contribution in [3.05, 3.63) is 28.8 Å². The third-order valence-corrected chi connectivity index (χ3v) is 2.71. The Balaban J connectivity index is 2.26. The van der Waals surface area contributed by atoms with Crippen LogP contribution < -0.4 is 5.32 Å². The Labute approximate surface area is 117 Å². The summed E-state index contributed by atoms with van der Waals surface area (Å²) in [4.78, 5) is 11.8. The van der Waals surface area contributed by atoms with Crippen LogP contribution in [0.15, 0.2) is 18.2 Å². The number of aromatic hydroxyl groups is 1. The topological polar surface area (TPSA) is 67.8 Å². The minimum Gasteiger partial charge on any atom is -0.508 e. The monoisotopic (exact) mass is 287 g/mol. The van der Waals surface area contributed by atoms with Crippen LogP contribution in [0, 0.1) is 0 Å². The predicted molar refractivity (Wildman–Crippen MR) is 72.8 cm³/mol. The van der Waals surface area contributed by atoms with Gasteiger partial charge in [-0.3, -0.25) is 4.79 Å². The first-order valence-electron chi connectivity index (χ1n) is 5.98. The number of amides is 1. The average Bonchev–Trinajstić information content (AvgIpc) is 2.40. The van der Waals surface area contributed by atoms with Gasteiger partial charge in [0.15, 0.2) is 0 Å². The Morgan fingerprint density at radius 2 is 2.16 bits per heavy atom. The summed E-state index contributed by atoms with van der Waals surface area (Å²) in [6, 6.07) is 4.26. The van der Waals surface area contributed by atoms with Crippen molar-refractivity contribution in [1.29, 1.82) is 0 Å². The molecule has 0 unspecified atom stereocenters. The van der Waals surface area contributed by atoms with Gasteiger partial charge in [0.05, 0.1) is 23.8 Å². The zero-order valence-corrected chi connectivity index (χ0v) is 11.6. The maximum absolute atomic E-state index is 11.8. The number of carbonyl (C=O) groups is 1. The smallest absolute Gasteiger partial charge is 0.252 e. The van der Waals surface area contributed by atoms with Gasteiger partial charge in [-0.2, -0.15) is 0 Å². The molecule has 1 rings (SSSR count). The van der Waals surface area contributed by atoms with E-state index in [-0.39, 0.29) is 17.2 Å². The first kappa shape index (κ1) is 15.8. The van der Waals surface area contributed by atoms with Crippen LogP contribution >= 0.6 is 11.6 Å². The Morgan fingerprint density at radius 3 is 2.89 bits per heavy atom. The summed E-state index contributed by atoms with van der Waals surface area (Å²) in [5.41, 5.74) is 0.266. The van der Waals surface area contributed by atoms with Crippen molar-refractivity contribution in [2.45, 2.75) is 6.42 Å². The van der Waals surface area contributed by atoms with E-state index in [1.165, 1.54) is 18.2 Å². The Bertz CT molecular complexity index is 412. The summed E-state index contributed by atoms with van der Waals surface area (Å²) >= 11 is 5.88. The van der Waals surface area contributed by atoms with Gasteiger partial charge >= 0.3 is 0 Å². The molecule has 2 N–H and O–H groups in total. The van der Waals surface area contributed by atoms with E-state index in [1.807, 2.05) is 0 Å². The molecule has 0 bridgehead atoms. The Kier molecular flexibility index (Phi) is 7.25. The molecule has 0 saturated carbocycles. The first-order valence-corrected chi connectivity index (χ1v) is 6.36. The SMILES string of the molecule is COCCOCCCNC(=O)c1cc(O)ccc1Cl. The molecule has 1 aromatic rings. The molecule has 0 atom stereocenters. The lowest BCUT2D eigenvalue weighted by Gasteiger charge is -2.07. The molecule has 5 nitrogen and oxygen atoms in total. The van der Waals surface area contributed by atoms with Crippen molar-refractivity contribution in [2.75, 3.05) is 33.5 Å². The molecule has 19 heavy (non-hydrogen) atoms. The van der Waals surface area contributed by atoms with Crippen LogP contribution in [0.4, 0.5) is 0 Å².